The van der Waals surface area contributed by atoms with Crippen LogP contribution in [0, 0.1) is 13.8 Å². The standard InChI is InChI=1S/C15H22N6O/c1-10-13(11(2)20-19-10)9-17-15(22)16-8-12-6-5-7-14(18-12)21(3)4/h5-7H,8-9H2,1-4H3,(H,19,20)(H2,16,17,22). The molecular weight excluding hydrogens is 280 g/mol. The molecule has 7 heteroatoms. The highest BCUT2D eigenvalue weighted by Gasteiger charge is 2.08. The van der Waals surface area contributed by atoms with Gasteiger partial charge in [-0.25, -0.2) is 9.78 Å². The van der Waals surface area contributed by atoms with Crippen molar-refractivity contribution < 1.29 is 4.79 Å². The second kappa shape index (κ2) is 6.93. The molecule has 0 aromatic carbocycles. The molecule has 0 radical (unpaired) electrons. The summed E-state index contributed by atoms with van der Waals surface area (Å²) in [6.45, 7) is 4.68. The van der Waals surface area contributed by atoms with Crippen LogP contribution >= 0.6 is 0 Å². The number of anilines is 1. The van der Waals surface area contributed by atoms with E-state index >= 15 is 0 Å². The number of aromatic nitrogens is 3. The number of nitrogens with one attached hydrogen (secondary N) is 3. The summed E-state index contributed by atoms with van der Waals surface area (Å²) in [5.41, 5.74) is 3.70. The Morgan fingerprint density at radius 3 is 2.59 bits per heavy atom. The molecule has 22 heavy (non-hydrogen) atoms. The summed E-state index contributed by atoms with van der Waals surface area (Å²) >= 11 is 0. The molecule has 0 aliphatic carbocycles. The van der Waals surface area contributed by atoms with Gasteiger partial charge in [0.25, 0.3) is 0 Å². The number of carbonyl (C=O) groups is 1. The molecule has 2 aromatic rings. The number of hydrogen-bond acceptors (Lipinski definition) is 4. The fourth-order valence-corrected chi connectivity index (χ4v) is 2.05. The lowest BCUT2D eigenvalue weighted by atomic mass is 10.2. The number of urea groups is 1. The van der Waals surface area contributed by atoms with Gasteiger partial charge in [0.15, 0.2) is 0 Å². The Morgan fingerprint density at radius 1 is 1.23 bits per heavy atom. The number of nitrogens with zero attached hydrogens (tertiary/aromatic N) is 3. The van der Waals surface area contributed by atoms with Crippen molar-refractivity contribution in [2.75, 3.05) is 19.0 Å². The maximum absolute atomic E-state index is 11.9. The normalized spacial score (nSPS) is 10.4. The minimum absolute atomic E-state index is 0.225. The number of carbonyl (C=O) groups excluding carboxylic acids is 1. The minimum Gasteiger partial charge on any atom is -0.363 e. The van der Waals surface area contributed by atoms with E-state index in [-0.39, 0.29) is 6.03 Å². The van der Waals surface area contributed by atoms with E-state index in [0.717, 1.165) is 28.5 Å². The van der Waals surface area contributed by atoms with Crippen LogP contribution < -0.4 is 15.5 Å². The highest BCUT2D eigenvalue weighted by Crippen LogP contribution is 2.09. The molecule has 2 amide bonds. The van der Waals surface area contributed by atoms with Crippen molar-refractivity contribution in [1.82, 2.24) is 25.8 Å². The zero-order chi connectivity index (χ0) is 16.1. The molecule has 2 rings (SSSR count). The number of rotatable bonds is 5. The van der Waals surface area contributed by atoms with E-state index in [9.17, 15) is 4.79 Å². The topological polar surface area (TPSA) is 85.9 Å². The second-order valence-corrected chi connectivity index (χ2v) is 5.33. The average Bonchev–Trinajstić information content (AvgIpc) is 2.82. The van der Waals surface area contributed by atoms with Crippen molar-refractivity contribution in [1.29, 1.82) is 0 Å². The van der Waals surface area contributed by atoms with Gasteiger partial charge in [-0.1, -0.05) is 6.07 Å². The summed E-state index contributed by atoms with van der Waals surface area (Å²) < 4.78 is 0. The number of aromatic amines is 1. The first-order chi connectivity index (χ1) is 10.5. The highest BCUT2D eigenvalue weighted by molar-refractivity contribution is 5.73. The van der Waals surface area contributed by atoms with E-state index in [0.29, 0.717) is 13.1 Å². The van der Waals surface area contributed by atoms with Crippen LogP contribution in [0.3, 0.4) is 0 Å². The first-order valence-corrected chi connectivity index (χ1v) is 7.12. The summed E-state index contributed by atoms with van der Waals surface area (Å²) in [6, 6.07) is 5.51. The van der Waals surface area contributed by atoms with Crippen LogP contribution in [0.1, 0.15) is 22.6 Å². The maximum atomic E-state index is 11.9. The zero-order valence-electron chi connectivity index (χ0n) is 13.4. The molecule has 0 aliphatic heterocycles. The number of aryl methyl sites for hydroxylation is 2. The predicted octanol–water partition coefficient (Wildman–Crippen LogP) is 1.49. The highest BCUT2D eigenvalue weighted by atomic mass is 16.2. The number of pyridine rings is 1. The SMILES string of the molecule is Cc1n[nH]c(C)c1CNC(=O)NCc1cccc(N(C)C)n1. The molecule has 0 aliphatic rings. The third-order valence-corrected chi connectivity index (χ3v) is 3.39. The summed E-state index contributed by atoms with van der Waals surface area (Å²) in [7, 11) is 3.86. The van der Waals surface area contributed by atoms with Crippen LogP contribution in [0.25, 0.3) is 0 Å². The van der Waals surface area contributed by atoms with E-state index in [1.807, 2.05) is 51.0 Å². The largest absolute Gasteiger partial charge is 0.363 e. The molecule has 0 bridgehead atoms. The fraction of sp³-hybridized carbons (Fsp3) is 0.400. The lowest BCUT2D eigenvalue weighted by Gasteiger charge is -2.12. The first kappa shape index (κ1) is 15.8. The van der Waals surface area contributed by atoms with Gasteiger partial charge in [0.05, 0.1) is 17.9 Å². The van der Waals surface area contributed by atoms with Gasteiger partial charge in [-0.15, -0.1) is 0 Å². The predicted molar refractivity (Wildman–Crippen MR) is 85.7 cm³/mol. The molecule has 0 unspecified atom stereocenters. The van der Waals surface area contributed by atoms with Crippen molar-refractivity contribution in [3.05, 3.63) is 40.8 Å². The summed E-state index contributed by atoms with van der Waals surface area (Å²) in [5, 5.41) is 12.6. The lowest BCUT2D eigenvalue weighted by molar-refractivity contribution is 0.240. The third kappa shape index (κ3) is 3.97. The van der Waals surface area contributed by atoms with Crippen molar-refractivity contribution >= 4 is 11.8 Å². The van der Waals surface area contributed by atoms with Crippen molar-refractivity contribution in [2.45, 2.75) is 26.9 Å². The Bertz CT molecular complexity index is 630. The van der Waals surface area contributed by atoms with Gasteiger partial charge in [-0.05, 0) is 26.0 Å². The number of amides is 2. The van der Waals surface area contributed by atoms with Crippen LogP contribution in [0.2, 0.25) is 0 Å². The van der Waals surface area contributed by atoms with E-state index in [1.165, 1.54) is 0 Å². The summed E-state index contributed by atoms with van der Waals surface area (Å²) in [4.78, 5) is 18.2. The minimum atomic E-state index is -0.225. The molecule has 0 saturated carbocycles. The lowest BCUT2D eigenvalue weighted by Crippen LogP contribution is -2.35. The van der Waals surface area contributed by atoms with Gasteiger partial charge in [-0.3, -0.25) is 5.10 Å². The van der Waals surface area contributed by atoms with Gasteiger partial charge in [-0.2, -0.15) is 5.10 Å². The molecule has 3 N–H and O–H groups in total. The zero-order valence-corrected chi connectivity index (χ0v) is 13.4. The van der Waals surface area contributed by atoms with Gasteiger partial charge in [0.2, 0.25) is 0 Å². The van der Waals surface area contributed by atoms with Gasteiger partial charge in [0.1, 0.15) is 5.82 Å². The molecule has 0 fully saturated rings. The maximum Gasteiger partial charge on any atom is 0.315 e. The van der Waals surface area contributed by atoms with E-state index in [2.05, 4.69) is 25.8 Å². The Hall–Kier alpha value is -2.57. The Labute approximate surface area is 130 Å². The molecular formula is C15H22N6O. The van der Waals surface area contributed by atoms with Gasteiger partial charge in [0, 0.05) is 31.9 Å². The third-order valence-electron chi connectivity index (χ3n) is 3.39. The van der Waals surface area contributed by atoms with Crippen LogP contribution in [-0.2, 0) is 13.1 Å². The first-order valence-electron chi connectivity index (χ1n) is 7.12. The van der Waals surface area contributed by atoms with Crippen LogP contribution in [0.4, 0.5) is 10.6 Å². The number of H-pyrrole nitrogens is 1. The quantitative estimate of drug-likeness (QED) is 0.781. The summed E-state index contributed by atoms with van der Waals surface area (Å²) in [6.07, 6.45) is 0. The molecule has 0 saturated heterocycles. The molecule has 0 atom stereocenters. The number of hydrogen-bond donors (Lipinski definition) is 3. The van der Waals surface area contributed by atoms with E-state index in [4.69, 9.17) is 0 Å². The van der Waals surface area contributed by atoms with Crippen molar-refractivity contribution in [2.24, 2.45) is 0 Å². The van der Waals surface area contributed by atoms with Gasteiger partial charge >= 0.3 is 6.03 Å². The van der Waals surface area contributed by atoms with E-state index in [1.54, 1.807) is 0 Å². The van der Waals surface area contributed by atoms with Crippen LogP contribution in [0.5, 0.6) is 0 Å². The van der Waals surface area contributed by atoms with Crippen molar-refractivity contribution in [3.8, 4) is 0 Å². The average molecular weight is 302 g/mol. The molecule has 2 heterocycles. The fourth-order valence-electron chi connectivity index (χ4n) is 2.05. The Morgan fingerprint density at radius 2 is 1.95 bits per heavy atom. The second-order valence-electron chi connectivity index (χ2n) is 5.33. The van der Waals surface area contributed by atoms with Crippen LogP contribution in [0.15, 0.2) is 18.2 Å². The van der Waals surface area contributed by atoms with E-state index < -0.39 is 0 Å². The molecule has 2 aromatic heterocycles. The molecule has 7 nitrogen and oxygen atoms in total. The molecule has 0 spiro atoms. The summed E-state index contributed by atoms with van der Waals surface area (Å²) in [5.74, 6) is 0.865. The van der Waals surface area contributed by atoms with Gasteiger partial charge < -0.3 is 15.5 Å². The monoisotopic (exact) mass is 302 g/mol. The Balaban J connectivity index is 1.84. The smallest absolute Gasteiger partial charge is 0.315 e. The van der Waals surface area contributed by atoms with Crippen molar-refractivity contribution in [3.63, 3.8) is 0 Å². The Kier molecular flexibility index (Phi) is 4.98. The van der Waals surface area contributed by atoms with Crippen LogP contribution in [-0.4, -0.2) is 35.3 Å². The molecule has 118 valence electrons.